The zero-order chi connectivity index (χ0) is 10.7. The molecule has 0 bridgehead atoms. The summed E-state index contributed by atoms with van der Waals surface area (Å²) in [7, 11) is 0. The smallest absolute Gasteiger partial charge is 0.255 e. The van der Waals surface area contributed by atoms with Crippen LogP contribution in [0.4, 0.5) is 0 Å². The molecule has 1 saturated carbocycles. The molecular weight excluding hydrogens is 208 g/mol. The van der Waals surface area contributed by atoms with E-state index in [-0.39, 0.29) is 0 Å². The van der Waals surface area contributed by atoms with Crippen molar-refractivity contribution in [1.29, 1.82) is 0 Å². The maximum Gasteiger partial charge on any atom is 0.255 e. The topological polar surface area (TPSA) is 52.0 Å². The van der Waals surface area contributed by atoms with Gasteiger partial charge in [-0.15, -0.1) is 0 Å². The van der Waals surface area contributed by atoms with Crippen molar-refractivity contribution < 1.29 is 4.42 Å². The predicted molar refractivity (Wildman–Crippen MR) is 61.9 cm³/mol. The first-order chi connectivity index (χ1) is 7.25. The molecule has 1 heterocycles. The monoisotopic (exact) mass is 226 g/mol. The second kappa shape index (κ2) is 5.03. The molecule has 0 spiro atoms. The Bertz CT molecular complexity index is 307. The molecule has 1 atom stereocenters. The minimum atomic E-state index is 0.296. The number of hydrogen-bond donors (Lipinski definition) is 1. The highest BCUT2D eigenvalue weighted by Gasteiger charge is 2.22. The van der Waals surface area contributed by atoms with Crippen molar-refractivity contribution in [3.63, 3.8) is 0 Å². The van der Waals surface area contributed by atoms with Crippen LogP contribution in [0.25, 0.3) is 0 Å². The molecule has 0 radical (unpaired) electrons. The number of thioether (sulfide) groups is 1. The Morgan fingerprint density at radius 2 is 2.33 bits per heavy atom. The summed E-state index contributed by atoms with van der Waals surface area (Å²) < 4.78 is 5.27. The summed E-state index contributed by atoms with van der Waals surface area (Å²) in [5, 5.41) is 0.751. The van der Waals surface area contributed by atoms with E-state index in [9.17, 15) is 0 Å². The standard InChI is InChI=1S/C11H18N2OS/c1-8-6-14-11(13-8)15-7-10(12)9-4-2-3-5-9/h6,9-10H,2-5,7,12H2,1H3. The van der Waals surface area contributed by atoms with Crippen LogP contribution in [0.1, 0.15) is 31.4 Å². The van der Waals surface area contributed by atoms with Gasteiger partial charge in [-0.3, -0.25) is 0 Å². The number of hydrogen-bond acceptors (Lipinski definition) is 4. The molecule has 0 saturated heterocycles. The van der Waals surface area contributed by atoms with Crippen molar-refractivity contribution in [2.75, 3.05) is 5.75 Å². The van der Waals surface area contributed by atoms with Crippen LogP contribution in [0.2, 0.25) is 0 Å². The van der Waals surface area contributed by atoms with Gasteiger partial charge in [0, 0.05) is 11.8 Å². The van der Waals surface area contributed by atoms with Crippen molar-refractivity contribution in [3.05, 3.63) is 12.0 Å². The van der Waals surface area contributed by atoms with E-state index >= 15 is 0 Å². The fourth-order valence-corrected chi connectivity index (χ4v) is 3.02. The Morgan fingerprint density at radius 3 is 2.93 bits per heavy atom. The molecule has 1 aliphatic carbocycles. The summed E-state index contributed by atoms with van der Waals surface area (Å²) in [5.74, 6) is 1.64. The fourth-order valence-electron chi connectivity index (χ4n) is 2.09. The van der Waals surface area contributed by atoms with Crippen molar-refractivity contribution in [2.45, 2.75) is 43.9 Å². The number of aromatic nitrogens is 1. The minimum Gasteiger partial charge on any atom is -0.440 e. The van der Waals surface area contributed by atoms with Crippen LogP contribution in [0.15, 0.2) is 15.9 Å². The number of aryl methyl sites for hydroxylation is 1. The zero-order valence-electron chi connectivity index (χ0n) is 9.11. The van der Waals surface area contributed by atoms with Crippen LogP contribution >= 0.6 is 11.8 Å². The van der Waals surface area contributed by atoms with Crippen LogP contribution in [0, 0.1) is 12.8 Å². The fraction of sp³-hybridized carbons (Fsp3) is 0.727. The molecule has 1 aliphatic rings. The number of rotatable bonds is 4. The molecule has 1 fully saturated rings. The van der Waals surface area contributed by atoms with Gasteiger partial charge in [-0.05, 0) is 25.7 Å². The average Bonchev–Trinajstić information content (AvgIpc) is 2.84. The van der Waals surface area contributed by atoms with E-state index in [1.165, 1.54) is 25.7 Å². The second-order valence-electron chi connectivity index (χ2n) is 4.27. The Hall–Kier alpha value is -0.480. The third-order valence-electron chi connectivity index (χ3n) is 3.00. The van der Waals surface area contributed by atoms with E-state index in [1.54, 1.807) is 18.0 Å². The summed E-state index contributed by atoms with van der Waals surface area (Å²) in [6, 6.07) is 0.296. The van der Waals surface area contributed by atoms with E-state index in [2.05, 4.69) is 4.98 Å². The second-order valence-corrected chi connectivity index (χ2v) is 5.25. The molecule has 0 aromatic carbocycles. The maximum absolute atomic E-state index is 6.14. The molecule has 2 N–H and O–H groups in total. The molecule has 15 heavy (non-hydrogen) atoms. The van der Waals surface area contributed by atoms with Gasteiger partial charge in [0.1, 0.15) is 6.26 Å². The number of nitrogens with two attached hydrogens (primary N) is 1. The lowest BCUT2D eigenvalue weighted by molar-refractivity contribution is 0.445. The van der Waals surface area contributed by atoms with Crippen molar-refractivity contribution in [3.8, 4) is 0 Å². The Kier molecular flexibility index (Phi) is 3.70. The maximum atomic E-state index is 6.14. The predicted octanol–water partition coefficient (Wildman–Crippen LogP) is 2.59. The van der Waals surface area contributed by atoms with Gasteiger partial charge in [-0.1, -0.05) is 24.6 Å². The minimum absolute atomic E-state index is 0.296. The van der Waals surface area contributed by atoms with Crippen molar-refractivity contribution in [1.82, 2.24) is 4.98 Å². The van der Waals surface area contributed by atoms with Gasteiger partial charge in [-0.25, -0.2) is 4.98 Å². The SMILES string of the molecule is Cc1coc(SCC(N)C2CCCC2)n1. The van der Waals surface area contributed by atoms with Gasteiger partial charge < -0.3 is 10.2 Å². The molecule has 84 valence electrons. The normalized spacial score (nSPS) is 19.6. The zero-order valence-corrected chi connectivity index (χ0v) is 9.93. The molecule has 1 aromatic heterocycles. The van der Waals surface area contributed by atoms with Gasteiger partial charge in [0.15, 0.2) is 0 Å². The van der Waals surface area contributed by atoms with E-state index < -0.39 is 0 Å². The quantitative estimate of drug-likeness (QED) is 0.802. The molecule has 2 rings (SSSR count). The molecular formula is C11H18N2OS. The summed E-state index contributed by atoms with van der Waals surface area (Å²) in [6.07, 6.45) is 6.98. The highest BCUT2D eigenvalue weighted by molar-refractivity contribution is 7.99. The molecule has 1 aromatic rings. The van der Waals surface area contributed by atoms with E-state index in [4.69, 9.17) is 10.2 Å². The molecule has 4 heteroatoms. The molecule has 0 amide bonds. The van der Waals surface area contributed by atoms with Crippen LogP contribution in [0.5, 0.6) is 0 Å². The molecule has 1 unspecified atom stereocenters. The van der Waals surface area contributed by atoms with Crippen LogP contribution < -0.4 is 5.73 Å². The Morgan fingerprint density at radius 1 is 1.60 bits per heavy atom. The third-order valence-corrected chi connectivity index (χ3v) is 3.99. The summed E-state index contributed by atoms with van der Waals surface area (Å²) in [5.41, 5.74) is 7.08. The Labute approximate surface area is 94.8 Å². The van der Waals surface area contributed by atoms with Gasteiger partial charge in [-0.2, -0.15) is 0 Å². The first kappa shape index (κ1) is 11.0. The third kappa shape index (κ3) is 2.98. The lowest BCUT2D eigenvalue weighted by Crippen LogP contribution is -2.30. The van der Waals surface area contributed by atoms with Crippen LogP contribution in [0.3, 0.4) is 0 Å². The van der Waals surface area contributed by atoms with Crippen molar-refractivity contribution >= 4 is 11.8 Å². The largest absolute Gasteiger partial charge is 0.440 e. The van der Waals surface area contributed by atoms with Gasteiger partial charge in [0.05, 0.1) is 5.69 Å². The number of nitrogens with zero attached hydrogens (tertiary/aromatic N) is 1. The van der Waals surface area contributed by atoms with Gasteiger partial charge in [0.25, 0.3) is 5.22 Å². The molecule has 0 aliphatic heterocycles. The first-order valence-corrected chi connectivity index (χ1v) is 6.55. The Balaban J connectivity index is 1.77. The highest BCUT2D eigenvalue weighted by atomic mass is 32.2. The van der Waals surface area contributed by atoms with E-state index in [0.29, 0.717) is 12.0 Å². The van der Waals surface area contributed by atoms with Gasteiger partial charge in [0.2, 0.25) is 0 Å². The lowest BCUT2D eigenvalue weighted by Gasteiger charge is -2.16. The van der Waals surface area contributed by atoms with Gasteiger partial charge >= 0.3 is 0 Å². The first-order valence-electron chi connectivity index (χ1n) is 5.56. The van der Waals surface area contributed by atoms with Crippen molar-refractivity contribution in [2.24, 2.45) is 11.7 Å². The van der Waals surface area contributed by atoms with E-state index in [0.717, 1.165) is 16.7 Å². The number of oxazole rings is 1. The van der Waals surface area contributed by atoms with Crippen LogP contribution in [-0.4, -0.2) is 16.8 Å². The van der Waals surface area contributed by atoms with E-state index in [1.807, 2.05) is 6.92 Å². The average molecular weight is 226 g/mol. The summed E-state index contributed by atoms with van der Waals surface area (Å²) in [6.45, 7) is 1.93. The summed E-state index contributed by atoms with van der Waals surface area (Å²) in [4.78, 5) is 4.25. The van der Waals surface area contributed by atoms with Crippen LogP contribution in [-0.2, 0) is 0 Å². The highest BCUT2D eigenvalue weighted by Crippen LogP contribution is 2.29. The molecule has 3 nitrogen and oxygen atoms in total. The lowest BCUT2D eigenvalue weighted by atomic mass is 10.0. The summed E-state index contributed by atoms with van der Waals surface area (Å²) >= 11 is 1.63.